The van der Waals surface area contributed by atoms with E-state index in [9.17, 15) is 0 Å². The van der Waals surface area contributed by atoms with E-state index in [4.69, 9.17) is 0 Å². The van der Waals surface area contributed by atoms with Crippen LogP contribution in [0.2, 0.25) is 0 Å². The third-order valence-corrected chi connectivity index (χ3v) is 6.53. The highest BCUT2D eigenvalue weighted by Crippen LogP contribution is 2.24. The standard InChI is InChI=1S/C19H38N4/c1-21-13-8-18(9-14-21)22(2)16-17-7-10-20-15-19(17)23-11-5-3-4-6-12-23/h17-20H,3-16H2,1-2H3. The summed E-state index contributed by atoms with van der Waals surface area (Å²) >= 11 is 0. The maximum absolute atomic E-state index is 3.67. The molecule has 2 atom stereocenters. The average Bonchev–Trinajstić information content (AvgIpc) is 2.85. The first-order valence-corrected chi connectivity index (χ1v) is 10.1. The largest absolute Gasteiger partial charge is 0.315 e. The van der Waals surface area contributed by atoms with E-state index >= 15 is 0 Å². The van der Waals surface area contributed by atoms with E-state index < -0.39 is 0 Å². The van der Waals surface area contributed by atoms with Crippen molar-refractivity contribution < 1.29 is 0 Å². The first kappa shape index (κ1) is 17.7. The predicted octanol–water partition coefficient (Wildman–Crippen LogP) is 1.87. The van der Waals surface area contributed by atoms with Crippen LogP contribution in [0, 0.1) is 5.92 Å². The molecule has 4 nitrogen and oxygen atoms in total. The molecular formula is C19H38N4. The number of hydrogen-bond donors (Lipinski definition) is 1. The lowest BCUT2D eigenvalue weighted by Gasteiger charge is -2.43. The average molecular weight is 323 g/mol. The molecule has 1 N–H and O–H groups in total. The molecular weight excluding hydrogens is 284 g/mol. The Morgan fingerprint density at radius 3 is 2.35 bits per heavy atom. The van der Waals surface area contributed by atoms with Gasteiger partial charge in [-0.1, -0.05) is 12.8 Å². The van der Waals surface area contributed by atoms with Crippen LogP contribution in [0.3, 0.4) is 0 Å². The minimum atomic E-state index is 0.774. The molecule has 23 heavy (non-hydrogen) atoms. The highest BCUT2D eigenvalue weighted by atomic mass is 15.2. The molecule has 0 aromatic carbocycles. The molecule has 0 aromatic heterocycles. The van der Waals surface area contributed by atoms with Crippen LogP contribution in [-0.4, -0.2) is 86.7 Å². The van der Waals surface area contributed by atoms with Crippen LogP contribution in [0.25, 0.3) is 0 Å². The third-order valence-electron chi connectivity index (χ3n) is 6.53. The summed E-state index contributed by atoms with van der Waals surface area (Å²) in [6.45, 7) is 8.95. The summed E-state index contributed by atoms with van der Waals surface area (Å²) in [7, 11) is 4.65. The van der Waals surface area contributed by atoms with Crippen molar-refractivity contribution in [2.75, 3.05) is 59.9 Å². The minimum absolute atomic E-state index is 0.774. The van der Waals surface area contributed by atoms with Gasteiger partial charge in [-0.25, -0.2) is 0 Å². The Hall–Kier alpha value is -0.160. The second kappa shape index (κ2) is 8.80. The molecule has 3 rings (SSSR count). The zero-order valence-electron chi connectivity index (χ0n) is 15.5. The van der Waals surface area contributed by atoms with Crippen LogP contribution in [0.15, 0.2) is 0 Å². The van der Waals surface area contributed by atoms with Gasteiger partial charge in [0.25, 0.3) is 0 Å². The molecule has 3 aliphatic rings. The van der Waals surface area contributed by atoms with Gasteiger partial charge in [0, 0.05) is 25.2 Å². The third kappa shape index (κ3) is 4.91. The maximum Gasteiger partial charge on any atom is 0.0261 e. The quantitative estimate of drug-likeness (QED) is 0.853. The van der Waals surface area contributed by atoms with Gasteiger partial charge in [0.05, 0.1) is 0 Å². The van der Waals surface area contributed by atoms with Gasteiger partial charge in [-0.2, -0.15) is 0 Å². The topological polar surface area (TPSA) is 21.8 Å². The summed E-state index contributed by atoms with van der Waals surface area (Å²) < 4.78 is 0. The fourth-order valence-electron chi connectivity index (χ4n) is 4.92. The van der Waals surface area contributed by atoms with Crippen LogP contribution in [0.1, 0.15) is 44.9 Å². The molecule has 0 spiro atoms. The van der Waals surface area contributed by atoms with Gasteiger partial charge in [-0.05, 0) is 84.8 Å². The molecule has 0 bridgehead atoms. The minimum Gasteiger partial charge on any atom is -0.315 e. The molecule has 0 radical (unpaired) electrons. The van der Waals surface area contributed by atoms with Crippen LogP contribution in [0.5, 0.6) is 0 Å². The number of rotatable bonds is 4. The van der Waals surface area contributed by atoms with E-state index in [1.807, 2.05) is 0 Å². The van der Waals surface area contributed by atoms with E-state index in [1.165, 1.54) is 90.8 Å². The Balaban J connectivity index is 1.55. The van der Waals surface area contributed by atoms with Crippen molar-refractivity contribution >= 4 is 0 Å². The lowest BCUT2D eigenvalue weighted by Crippen LogP contribution is -2.55. The van der Waals surface area contributed by atoms with Crippen LogP contribution in [0.4, 0.5) is 0 Å². The zero-order valence-corrected chi connectivity index (χ0v) is 15.5. The Bertz CT molecular complexity index is 332. The molecule has 0 aliphatic carbocycles. The Morgan fingerprint density at radius 1 is 0.957 bits per heavy atom. The van der Waals surface area contributed by atoms with Gasteiger partial charge in [0.1, 0.15) is 0 Å². The molecule has 3 heterocycles. The number of hydrogen-bond acceptors (Lipinski definition) is 4. The van der Waals surface area contributed by atoms with Gasteiger partial charge in [0.15, 0.2) is 0 Å². The van der Waals surface area contributed by atoms with Crippen molar-refractivity contribution in [2.24, 2.45) is 5.92 Å². The predicted molar refractivity (Wildman–Crippen MR) is 98.0 cm³/mol. The highest BCUT2D eigenvalue weighted by molar-refractivity contribution is 4.89. The Kier molecular flexibility index (Phi) is 6.75. The lowest BCUT2D eigenvalue weighted by atomic mass is 9.89. The van der Waals surface area contributed by atoms with Crippen molar-refractivity contribution in [3.8, 4) is 0 Å². The van der Waals surface area contributed by atoms with E-state index in [1.54, 1.807) is 0 Å². The van der Waals surface area contributed by atoms with Gasteiger partial charge >= 0.3 is 0 Å². The molecule has 134 valence electrons. The van der Waals surface area contributed by atoms with Gasteiger partial charge in [-0.3, -0.25) is 4.90 Å². The number of nitrogens with one attached hydrogen (secondary N) is 1. The molecule has 2 unspecified atom stereocenters. The van der Waals surface area contributed by atoms with Gasteiger partial charge < -0.3 is 15.1 Å². The number of nitrogens with zero attached hydrogens (tertiary/aromatic N) is 3. The van der Waals surface area contributed by atoms with Crippen molar-refractivity contribution in [3.05, 3.63) is 0 Å². The summed E-state index contributed by atoms with van der Waals surface area (Å²) in [4.78, 5) is 8.01. The zero-order chi connectivity index (χ0) is 16.1. The van der Waals surface area contributed by atoms with Crippen molar-refractivity contribution in [3.63, 3.8) is 0 Å². The monoisotopic (exact) mass is 322 g/mol. The van der Waals surface area contributed by atoms with Crippen molar-refractivity contribution in [2.45, 2.75) is 57.0 Å². The fourth-order valence-corrected chi connectivity index (χ4v) is 4.92. The first-order valence-electron chi connectivity index (χ1n) is 10.1. The van der Waals surface area contributed by atoms with Gasteiger partial charge in [-0.15, -0.1) is 0 Å². The van der Waals surface area contributed by atoms with Crippen LogP contribution in [-0.2, 0) is 0 Å². The molecule has 0 aromatic rings. The summed E-state index contributed by atoms with van der Waals surface area (Å²) in [6.07, 6.45) is 9.77. The van der Waals surface area contributed by atoms with Gasteiger partial charge in [0.2, 0.25) is 0 Å². The smallest absolute Gasteiger partial charge is 0.0261 e. The normalized spacial score (nSPS) is 33.0. The summed E-state index contributed by atoms with van der Waals surface area (Å²) in [5, 5.41) is 3.67. The van der Waals surface area contributed by atoms with Crippen molar-refractivity contribution in [1.29, 1.82) is 0 Å². The molecule has 3 fully saturated rings. The maximum atomic E-state index is 3.67. The van der Waals surface area contributed by atoms with Crippen LogP contribution < -0.4 is 5.32 Å². The fraction of sp³-hybridized carbons (Fsp3) is 1.00. The SMILES string of the molecule is CN1CCC(N(C)CC2CCNCC2N2CCCCCC2)CC1. The highest BCUT2D eigenvalue weighted by Gasteiger charge is 2.32. The molecule has 4 heteroatoms. The Labute approximate surface area is 143 Å². The molecule has 3 saturated heterocycles. The molecule has 3 aliphatic heterocycles. The molecule has 0 saturated carbocycles. The lowest BCUT2D eigenvalue weighted by molar-refractivity contribution is 0.0687. The van der Waals surface area contributed by atoms with E-state index in [0.29, 0.717) is 0 Å². The summed E-state index contributed by atoms with van der Waals surface area (Å²) in [5.41, 5.74) is 0. The first-order chi connectivity index (χ1) is 11.2. The van der Waals surface area contributed by atoms with E-state index in [2.05, 4.69) is 34.1 Å². The second-order valence-corrected chi connectivity index (χ2v) is 8.24. The Morgan fingerprint density at radius 2 is 1.65 bits per heavy atom. The van der Waals surface area contributed by atoms with E-state index in [-0.39, 0.29) is 0 Å². The molecule has 0 amide bonds. The van der Waals surface area contributed by atoms with E-state index in [0.717, 1.165) is 18.0 Å². The summed E-state index contributed by atoms with van der Waals surface area (Å²) in [5.74, 6) is 0.860. The van der Waals surface area contributed by atoms with Crippen molar-refractivity contribution in [1.82, 2.24) is 20.0 Å². The number of piperidine rings is 2. The van der Waals surface area contributed by atoms with Crippen LogP contribution >= 0.6 is 0 Å². The number of likely N-dealkylation sites (tertiary alicyclic amines) is 2. The summed E-state index contributed by atoms with van der Waals surface area (Å²) in [6, 6.07) is 1.58. The second-order valence-electron chi connectivity index (χ2n) is 8.24.